The maximum absolute atomic E-state index is 12.8. The van der Waals surface area contributed by atoms with Gasteiger partial charge in [0, 0.05) is 37.3 Å². The van der Waals surface area contributed by atoms with Gasteiger partial charge in [-0.25, -0.2) is 0 Å². The Morgan fingerprint density at radius 2 is 2.00 bits per heavy atom. The molecule has 0 saturated carbocycles. The molecule has 1 aliphatic rings. The zero-order chi connectivity index (χ0) is 16.3. The second kappa shape index (κ2) is 6.97. The maximum atomic E-state index is 12.8. The normalized spacial score (nSPS) is 15.9. The summed E-state index contributed by atoms with van der Waals surface area (Å²) >= 11 is 0. The minimum atomic E-state index is -1.09. The molecule has 124 valence electrons. The lowest BCUT2D eigenvalue weighted by molar-refractivity contribution is 0.0760. The molecule has 0 fully saturated rings. The van der Waals surface area contributed by atoms with Crippen LogP contribution in [0.1, 0.15) is 63.8 Å². The summed E-state index contributed by atoms with van der Waals surface area (Å²) < 4.78 is 1.94. The Morgan fingerprint density at radius 1 is 1.27 bits per heavy atom. The van der Waals surface area contributed by atoms with Crippen LogP contribution in [0.4, 0.5) is 0 Å². The summed E-state index contributed by atoms with van der Waals surface area (Å²) in [5.74, 6) is 0. The van der Waals surface area contributed by atoms with Gasteiger partial charge in [0.25, 0.3) is 5.56 Å². The van der Waals surface area contributed by atoms with Crippen LogP contribution in [0.2, 0.25) is 0 Å². The molecule has 0 amide bonds. The topological polar surface area (TPSA) is 45.5 Å². The van der Waals surface area contributed by atoms with Crippen molar-refractivity contribution in [3.8, 4) is 0 Å². The van der Waals surface area contributed by atoms with Crippen LogP contribution in [0.5, 0.6) is 0 Å². The number of pyridine rings is 1. The molecule has 0 saturated heterocycles. The van der Waals surface area contributed by atoms with E-state index in [1.807, 2.05) is 10.6 Å². The summed E-state index contributed by atoms with van der Waals surface area (Å²) in [6.45, 7) is 11.4. The first kappa shape index (κ1) is 17.2. The minimum Gasteiger partial charge on any atom is -0.386 e. The number of aromatic nitrogens is 1. The lowest BCUT2D eigenvalue weighted by atomic mass is 9.94. The Balaban J connectivity index is 2.48. The molecule has 0 bridgehead atoms. The quantitative estimate of drug-likeness (QED) is 0.822. The second-order valence-corrected chi connectivity index (χ2v) is 6.87. The van der Waals surface area contributed by atoms with Crippen LogP contribution in [-0.2, 0) is 25.1 Å². The summed E-state index contributed by atoms with van der Waals surface area (Å²) in [4.78, 5) is 15.2. The van der Waals surface area contributed by atoms with Gasteiger partial charge in [0.05, 0.1) is 5.60 Å². The molecule has 4 nitrogen and oxygen atoms in total. The highest BCUT2D eigenvalue weighted by atomic mass is 16.3. The maximum Gasteiger partial charge on any atom is 0.256 e. The number of nitrogens with zero attached hydrogens (tertiary/aromatic N) is 2. The molecular weight excluding hydrogens is 276 g/mol. The third-order valence-electron chi connectivity index (χ3n) is 4.64. The second-order valence-electron chi connectivity index (χ2n) is 6.87. The lowest BCUT2D eigenvalue weighted by Crippen LogP contribution is -2.39. The minimum absolute atomic E-state index is 0.00713. The van der Waals surface area contributed by atoms with E-state index in [1.54, 1.807) is 13.8 Å². The number of fused-ring (bicyclic) bond motifs is 1. The van der Waals surface area contributed by atoms with E-state index in [2.05, 4.69) is 18.7 Å². The molecule has 4 heteroatoms. The van der Waals surface area contributed by atoms with Gasteiger partial charge in [-0.2, -0.15) is 0 Å². The lowest BCUT2D eigenvalue weighted by Gasteiger charge is -2.31. The van der Waals surface area contributed by atoms with Gasteiger partial charge in [-0.1, -0.05) is 26.7 Å². The molecule has 0 spiro atoms. The predicted octanol–water partition coefficient (Wildman–Crippen LogP) is 2.64. The summed E-state index contributed by atoms with van der Waals surface area (Å²) in [7, 11) is 0. The smallest absolute Gasteiger partial charge is 0.256 e. The molecule has 1 N–H and O–H groups in total. The third kappa shape index (κ3) is 3.61. The van der Waals surface area contributed by atoms with Gasteiger partial charge in [0.15, 0.2) is 0 Å². The van der Waals surface area contributed by atoms with Crippen molar-refractivity contribution in [1.82, 2.24) is 9.47 Å². The number of likely N-dealkylation sites (N-methyl/N-ethyl adjacent to an activating group) is 1. The molecule has 2 rings (SSSR count). The molecule has 0 atom stereocenters. The van der Waals surface area contributed by atoms with Gasteiger partial charge in [0.2, 0.25) is 0 Å². The monoisotopic (exact) mass is 306 g/mol. The highest BCUT2D eigenvalue weighted by Crippen LogP contribution is 2.24. The molecule has 0 radical (unpaired) electrons. The summed E-state index contributed by atoms with van der Waals surface area (Å²) in [6, 6.07) is 1.94. The van der Waals surface area contributed by atoms with E-state index in [0.717, 1.165) is 51.9 Å². The predicted molar refractivity (Wildman–Crippen MR) is 90.1 cm³/mol. The highest BCUT2D eigenvalue weighted by molar-refractivity contribution is 5.31. The zero-order valence-electron chi connectivity index (χ0n) is 14.5. The third-order valence-corrected chi connectivity index (χ3v) is 4.64. The molecule has 22 heavy (non-hydrogen) atoms. The van der Waals surface area contributed by atoms with Crippen LogP contribution in [0, 0.1) is 0 Å². The average molecular weight is 306 g/mol. The molecule has 1 aromatic rings. The first-order chi connectivity index (χ1) is 10.4. The molecule has 0 unspecified atom stereocenters. The first-order valence-corrected chi connectivity index (χ1v) is 8.59. The fourth-order valence-electron chi connectivity index (χ4n) is 3.24. The van der Waals surface area contributed by atoms with Crippen molar-refractivity contribution >= 4 is 0 Å². The van der Waals surface area contributed by atoms with Crippen LogP contribution in [0.3, 0.4) is 0 Å². The van der Waals surface area contributed by atoms with Crippen molar-refractivity contribution < 1.29 is 5.11 Å². The number of hydrogen-bond donors (Lipinski definition) is 1. The highest BCUT2D eigenvalue weighted by Gasteiger charge is 2.26. The van der Waals surface area contributed by atoms with E-state index in [9.17, 15) is 9.90 Å². The van der Waals surface area contributed by atoms with Crippen LogP contribution in [-0.4, -0.2) is 27.7 Å². The summed E-state index contributed by atoms with van der Waals surface area (Å²) in [5.41, 5.74) is 1.82. The van der Waals surface area contributed by atoms with Gasteiger partial charge in [-0.05, 0) is 38.4 Å². The van der Waals surface area contributed by atoms with Crippen LogP contribution >= 0.6 is 0 Å². The Bertz CT molecular complexity index is 570. The van der Waals surface area contributed by atoms with E-state index < -0.39 is 5.60 Å². The van der Waals surface area contributed by atoms with Crippen molar-refractivity contribution in [2.45, 2.75) is 72.1 Å². The largest absolute Gasteiger partial charge is 0.386 e. The summed E-state index contributed by atoms with van der Waals surface area (Å²) in [6.07, 6.45) is 4.23. The summed E-state index contributed by atoms with van der Waals surface area (Å²) in [5, 5.41) is 10.4. The Labute approximate surface area is 133 Å². The van der Waals surface area contributed by atoms with Gasteiger partial charge in [-0.3, -0.25) is 9.69 Å². The van der Waals surface area contributed by atoms with E-state index in [0.29, 0.717) is 5.56 Å². The van der Waals surface area contributed by atoms with E-state index in [1.165, 1.54) is 11.3 Å². The van der Waals surface area contributed by atoms with Crippen molar-refractivity contribution in [3.63, 3.8) is 0 Å². The van der Waals surface area contributed by atoms with Crippen molar-refractivity contribution in [1.29, 1.82) is 0 Å². The van der Waals surface area contributed by atoms with Gasteiger partial charge < -0.3 is 9.67 Å². The van der Waals surface area contributed by atoms with Gasteiger partial charge in [0.1, 0.15) is 0 Å². The van der Waals surface area contributed by atoms with Crippen LogP contribution in [0.15, 0.2) is 10.9 Å². The zero-order valence-corrected chi connectivity index (χ0v) is 14.5. The van der Waals surface area contributed by atoms with E-state index >= 15 is 0 Å². The fourth-order valence-corrected chi connectivity index (χ4v) is 3.24. The first-order valence-electron chi connectivity index (χ1n) is 8.59. The van der Waals surface area contributed by atoms with Crippen LogP contribution in [0.25, 0.3) is 0 Å². The van der Waals surface area contributed by atoms with Crippen molar-refractivity contribution in [3.05, 3.63) is 33.2 Å². The van der Waals surface area contributed by atoms with Crippen LogP contribution < -0.4 is 5.56 Å². The number of unbranched alkanes of at least 4 members (excludes halogenated alkanes) is 2. The van der Waals surface area contributed by atoms with Crippen molar-refractivity contribution in [2.24, 2.45) is 0 Å². The Morgan fingerprint density at radius 3 is 2.59 bits per heavy atom. The number of hydrogen-bond acceptors (Lipinski definition) is 3. The number of aliphatic hydroxyl groups is 1. The molecule has 0 aliphatic carbocycles. The molecular formula is C18H30N2O2. The molecule has 2 heterocycles. The molecule has 1 aliphatic heterocycles. The molecule has 1 aromatic heterocycles. The van der Waals surface area contributed by atoms with Gasteiger partial charge >= 0.3 is 0 Å². The van der Waals surface area contributed by atoms with E-state index in [-0.39, 0.29) is 5.56 Å². The van der Waals surface area contributed by atoms with Gasteiger partial charge in [-0.15, -0.1) is 0 Å². The van der Waals surface area contributed by atoms with E-state index in [4.69, 9.17) is 0 Å². The number of rotatable bonds is 6. The Hall–Kier alpha value is -1.13. The Kier molecular flexibility index (Phi) is 5.45. The average Bonchev–Trinajstić information content (AvgIpc) is 2.47. The molecule has 0 aromatic carbocycles. The standard InChI is InChI=1S/C18H30N2O2/c1-5-7-8-10-20-16-9-11-19(6-2)13-14(16)12-15(17(20)21)18(3,4)22/h12,22H,5-11,13H2,1-4H3. The SMILES string of the molecule is CCCCCn1c2c(cc(C(C)(C)O)c1=O)CN(CC)CC2. The fraction of sp³-hybridized carbons (Fsp3) is 0.722. The van der Waals surface area contributed by atoms with Crippen molar-refractivity contribution in [2.75, 3.05) is 13.1 Å².